The predicted octanol–water partition coefficient (Wildman–Crippen LogP) is 2.07. The van der Waals surface area contributed by atoms with Gasteiger partial charge in [-0.3, -0.25) is 19.3 Å². The quantitative estimate of drug-likeness (QED) is 0.483. The van der Waals surface area contributed by atoms with Crippen molar-refractivity contribution in [3.63, 3.8) is 0 Å². The maximum absolute atomic E-state index is 12.3. The first-order valence-electron chi connectivity index (χ1n) is 7.88. The standard InChI is InChI=1S/C17H25NO6/c1-4-6-8-10-14(19)18(15(20)11-9-7-5-2)13(12-16(21)22)17(23)24-3/h8-11,13H,4-7,12H2,1-3H3,(H,21,22)/b10-8+,11-9+. The minimum Gasteiger partial charge on any atom is -0.481 e. The number of nitrogens with zero attached hydrogens (tertiary/aromatic N) is 1. The molecule has 0 saturated heterocycles. The maximum atomic E-state index is 12.3. The Hall–Kier alpha value is -2.44. The van der Waals surface area contributed by atoms with E-state index in [1.807, 2.05) is 13.8 Å². The molecule has 0 aromatic heterocycles. The largest absolute Gasteiger partial charge is 0.481 e. The molecule has 0 bridgehead atoms. The Kier molecular flexibility index (Phi) is 10.8. The highest BCUT2D eigenvalue weighted by molar-refractivity contribution is 6.08. The third-order valence-electron chi connectivity index (χ3n) is 3.06. The second-order valence-electron chi connectivity index (χ2n) is 5.07. The Balaban J connectivity index is 5.60. The third-order valence-corrected chi connectivity index (χ3v) is 3.06. The maximum Gasteiger partial charge on any atom is 0.329 e. The van der Waals surface area contributed by atoms with E-state index in [-0.39, 0.29) is 0 Å². The van der Waals surface area contributed by atoms with Crippen LogP contribution in [0.25, 0.3) is 0 Å². The fourth-order valence-corrected chi connectivity index (χ4v) is 1.86. The molecule has 1 atom stereocenters. The molecule has 7 nitrogen and oxygen atoms in total. The minimum atomic E-state index is -1.51. The highest BCUT2D eigenvalue weighted by Gasteiger charge is 2.35. The number of carboxylic acids is 1. The van der Waals surface area contributed by atoms with Crippen molar-refractivity contribution in [3.05, 3.63) is 24.3 Å². The molecule has 1 unspecified atom stereocenters. The van der Waals surface area contributed by atoms with E-state index in [2.05, 4.69) is 4.74 Å². The number of rotatable bonds is 10. The number of esters is 1. The van der Waals surface area contributed by atoms with E-state index in [1.165, 1.54) is 12.2 Å². The Morgan fingerprint density at radius 3 is 1.79 bits per heavy atom. The second kappa shape index (κ2) is 12.0. The topological polar surface area (TPSA) is 101 Å². The molecule has 0 aromatic rings. The van der Waals surface area contributed by atoms with Crippen LogP contribution in [-0.2, 0) is 23.9 Å². The van der Waals surface area contributed by atoms with E-state index in [1.54, 1.807) is 12.2 Å². The van der Waals surface area contributed by atoms with Gasteiger partial charge in [-0.05, 0) is 25.0 Å². The number of methoxy groups -OCH3 is 1. The van der Waals surface area contributed by atoms with Crippen LogP contribution >= 0.6 is 0 Å². The van der Waals surface area contributed by atoms with Gasteiger partial charge in [0.25, 0.3) is 11.8 Å². The van der Waals surface area contributed by atoms with Crippen LogP contribution in [0.5, 0.6) is 0 Å². The van der Waals surface area contributed by atoms with Gasteiger partial charge in [0.2, 0.25) is 0 Å². The lowest BCUT2D eigenvalue weighted by molar-refractivity contribution is -0.159. The molecule has 0 fully saturated rings. The number of amides is 2. The van der Waals surface area contributed by atoms with Gasteiger partial charge in [0.1, 0.15) is 6.04 Å². The molecular weight excluding hydrogens is 314 g/mol. The summed E-state index contributed by atoms with van der Waals surface area (Å²) in [6.45, 7) is 3.85. The molecule has 7 heteroatoms. The minimum absolute atomic E-state index is 0.626. The van der Waals surface area contributed by atoms with Crippen LogP contribution in [0.1, 0.15) is 46.0 Å². The summed E-state index contributed by atoms with van der Waals surface area (Å²) < 4.78 is 4.55. The van der Waals surface area contributed by atoms with Gasteiger partial charge in [-0.25, -0.2) is 4.79 Å². The lowest BCUT2D eigenvalue weighted by atomic mass is 10.1. The van der Waals surface area contributed by atoms with Crippen molar-refractivity contribution in [2.24, 2.45) is 0 Å². The molecule has 24 heavy (non-hydrogen) atoms. The lowest BCUT2D eigenvalue weighted by Crippen LogP contribution is -2.49. The summed E-state index contributed by atoms with van der Waals surface area (Å²) >= 11 is 0. The van der Waals surface area contributed by atoms with Crippen molar-refractivity contribution >= 4 is 23.8 Å². The van der Waals surface area contributed by atoms with E-state index in [0.29, 0.717) is 17.7 Å². The van der Waals surface area contributed by atoms with Gasteiger partial charge in [-0.2, -0.15) is 0 Å². The SMILES string of the molecule is CCC/C=C/C(=O)N(C(=O)/C=C/CCC)C(CC(=O)O)C(=O)OC. The van der Waals surface area contributed by atoms with E-state index in [0.717, 1.165) is 20.0 Å². The monoisotopic (exact) mass is 339 g/mol. The molecule has 0 heterocycles. The number of hydrogen-bond donors (Lipinski definition) is 1. The summed E-state index contributed by atoms with van der Waals surface area (Å²) in [5, 5.41) is 8.98. The molecule has 0 aliphatic heterocycles. The molecule has 1 N–H and O–H groups in total. The van der Waals surface area contributed by atoms with Crippen molar-refractivity contribution in [2.75, 3.05) is 7.11 Å². The fourth-order valence-electron chi connectivity index (χ4n) is 1.86. The summed E-state index contributed by atoms with van der Waals surface area (Å²) in [5.41, 5.74) is 0. The van der Waals surface area contributed by atoms with Crippen molar-refractivity contribution < 1.29 is 29.0 Å². The van der Waals surface area contributed by atoms with Crippen LogP contribution in [0.2, 0.25) is 0 Å². The molecule has 0 saturated carbocycles. The van der Waals surface area contributed by atoms with Crippen LogP contribution in [0, 0.1) is 0 Å². The number of carbonyl (C=O) groups is 4. The van der Waals surface area contributed by atoms with E-state index >= 15 is 0 Å². The fraction of sp³-hybridized carbons (Fsp3) is 0.529. The number of imide groups is 1. The van der Waals surface area contributed by atoms with Gasteiger partial charge >= 0.3 is 11.9 Å². The van der Waals surface area contributed by atoms with Crippen molar-refractivity contribution in [2.45, 2.75) is 52.0 Å². The van der Waals surface area contributed by atoms with Crippen molar-refractivity contribution in [1.82, 2.24) is 4.90 Å². The van der Waals surface area contributed by atoms with Gasteiger partial charge < -0.3 is 9.84 Å². The number of hydrogen-bond acceptors (Lipinski definition) is 5. The van der Waals surface area contributed by atoms with Crippen LogP contribution in [-0.4, -0.2) is 46.9 Å². The molecule has 0 aliphatic carbocycles. The van der Waals surface area contributed by atoms with Gasteiger partial charge in [-0.15, -0.1) is 0 Å². The van der Waals surface area contributed by atoms with Crippen LogP contribution < -0.4 is 0 Å². The Morgan fingerprint density at radius 1 is 1.00 bits per heavy atom. The number of carboxylic acid groups (broad SMARTS) is 1. The first-order valence-corrected chi connectivity index (χ1v) is 7.88. The van der Waals surface area contributed by atoms with Crippen molar-refractivity contribution in [3.8, 4) is 0 Å². The van der Waals surface area contributed by atoms with E-state index < -0.39 is 36.2 Å². The van der Waals surface area contributed by atoms with Crippen LogP contribution in [0.3, 0.4) is 0 Å². The zero-order valence-corrected chi connectivity index (χ0v) is 14.4. The second-order valence-corrected chi connectivity index (χ2v) is 5.07. The number of ether oxygens (including phenoxy) is 1. The van der Waals surface area contributed by atoms with Gasteiger partial charge in [-0.1, -0.05) is 38.8 Å². The molecule has 134 valence electrons. The summed E-state index contributed by atoms with van der Waals surface area (Å²) in [5.74, 6) is -3.75. The Labute approximate surface area is 142 Å². The summed E-state index contributed by atoms with van der Waals surface area (Å²) in [4.78, 5) is 48.2. The Bertz CT molecular complexity index is 481. The van der Waals surface area contributed by atoms with Crippen LogP contribution in [0.4, 0.5) is 0 Å². The Morgan fingerprint density at radius 2 is 1.46 bits per heavy atom. The highest BCUT2D eigenvalue weighted by Crippen LogP contribution is 2.11. The van der Waals surface area contributed by atoms with Gasteiger partial charge in [0, 0.05) is 0 Å². The first-order chi connectivity index (χ1) is 11.4. The summed E-state index contributed by atoms with van der Waals surface area (Å²) in [6, 6.07) is -1.51. The molecule has 2 amide bonds. The number of allylic oxidation sites excluding steroid dienone is 2. The molecular formula is C17H25NO6. The van der Waals surface area contributed by atoms with E-state index in [9.17, 15) is 19.2 Å². The molecule has 0 aromatic carbocycles. The summed E-state index contributed by atoms with van der Waals surface area (Å²) in [7, 11) is 1.07. The highest BCUT2D eigenvalue weighted by atomic mass is 16.5. The lowest BCUT2D eigenvalue weighted by Gasteiger charge is -2.25. The molecule has 0 radical (unpaired) electrons. The molecule has 0 rings (SSSR count). The predicted molar refractivity (Wildman–Crippen MR) is 88.0 cm³/mol. The molecule has 0 spiro atoms. The van der Waals surface area contributed by atoms with E-state index in [4.69, 9.17) is 5.11 Å². The van der Waals surface area contributed by atoms with Gasteiger partial charge in [0.15, 0.2) is 0 Å². The average Bonchev–Trinajstić information content (AvgIpc) is 2.53. The normalized spacial score (nSPS) is 12.3. The first kappa shape index (κ1) is 21.6. The molecule has 0 aliphatic rings. The van der Waals surface area contributed by atoms with Crippen LogP contribution in [0.15, 0.2) is 24.3 Å². The van der Waals surface area contributed by atoms with Crippen molar-refractivity contribution in [1.29, 1.82) is 0 Å². The third kappa shape index (κ3) is 7.71. The summed E-state index contributed by atoms with van der Waals surface area (Å²) in [6.07, 6.45) is 7.66. The van der Waals surface area contributed by atoms with Gasteiger partial charge in [0.05, 0.1) is 13.5 Å². The zero-order chi connectivity index (χ0) is 18.5. The average molecular weight is 339 g/mol. The number of aliphatic carboxylic acids is 1. The number of unbranched alkanes of at least 4 members (excludes halogenated alkanes) is 2. The zero-order valence-electron chi connectivity index (χ0n) is 14.4. The smallest absolute Gasteiger partial charge is 0.329 e. The number of carbonyl (C=O) groups excluding carboxylic acids is 3.